The van der Waals surface area contributed by atoms with Gasteiger partial charge in [-0.15, -0.1) is 10.2 Å². The van der Waals surface area contributed by atoms with Gasteiger partial charge in [0.2, 0.25) is 0 Å². The van der Waals surface area contributed by atoms with Crippen LogP contribution >= 0.6 is 11.3 Å². The third-order valence-corrected chi connectivity index (χ3v) is 4.19. The molecule has 15 heavy (non-hydrogen) atoms. The molecule has 1 fully saturated rings. The molecular weight excluding hydrogens is 210 g/mol. The molecule has 2 heterocycles. The number of aromatic nitrogens is 2. The van der Waals surface area contributed by atoms with Crippen LogP contribution in [-0.4, -0.2) is 30.0 Å². The first-order valence-corrected chi connectivity index (χ1v) is 6.16. The Balaban J connectivity index is 2.12. The van der Waals surface area contributed by atoms with Crippen LogP contribution < -0.4 is 5.32 Å². The minimum absolute atomic E-state index is 0.286. The fraction of sp³-hybridized carbons (Fsp3) is 0.800. The Morgan fingerprint density at radius 3 is 2.93 bits per heavy atom. The lowest BCUT2D eigenvalue weighted by molar-refractivity contribution is 0.118. The molecular formula is C10H17N3OS. The van der Waals surface area contributed by atoms with E-state index in [0.29, 0.717) is 5.92 Å². The maximum absolute atomic E-state index is 5.54. The van der Waals surface area contributed by atoms with Gasteiger partial charge in [-0.1, -0.05) is 11.3 Å². The van der Waals surface area contributed by atoms with E-state index in [1.807, 2.05) is 7.05 Å². The lowest BCUT2D eigenvalue weighted by Crippen LogP contribution is -2.11. The first-order chi connectivity index (χ1) is 7.22. The predicted molar refractivity (Wildman–Crippen MR) is 60.2 cm³/mol. The van der Waals surface area contributed by atoms with Gasteiger partial charge in [-0.2, -0.15) is 0 Å². The van der Waals surface area contributed by atoms with E-state index in [0.717, 1.165) is 23.0 Å². The summed E-state index contributed by atoms with van der Waals surface area (Å²) in [7, 11) is 1.94. The molecule has 1 aliphatic rings. The largest absolute Gasteiger partial charge is 0.378 e. The van der Waals surface area contributed by atoms with Gasteiger partial charge in [0.05, 0.1) is 12.1 Å². The van der Waals surface area contributed by atoms with Crippen molar-refractivity contribution in [3.8, 4) is 0 Å². The van der Waals surface area contributed by atoms with Gasteiger partial charge in [0.1, 0.15) is 10.0 Å². The van der Waals surface area contributed by atoms with Gasteiger partial charge in [-0.3, -0.25) is 0 Å². The Kier molecular flexibility index (Phi) is 3.33. The average Bonchev–Trinajstić information content (AvgIpc) is 2.84. The van der Waals surface area contributed by atoms with Gasteiger partial charge in [0.15, 0.2) is 0 Å². The number of nitrogens with one attached hydrogen (secondary N) is 1. The van der Waals surface area contributed by atoms with E-state index >= 15 is 0 Å². The Hall–Kier alpha value is -0.520. The van der Waals surface area contributed by atoms with Crippen molar-refractivity contribution in [2.75, 3.05) is 13.7 Å². The first kappa shape index (κ1) is 11.0. The maximum Gasteiger partial charge on any atom is 0.134 e. The molecule has 4 nitrogen and oxygen atoms in total. The highest BCUT2D eigenvalue weighted by atomic mass is 32.1. The zero-order valence-corrected chi connectivity index (χ0v) is 10.2. The van der Waals surface area contributed by atoms with Crippen LogP contribution in [0.3, 0.4) is 0 Å². The Labute approximate surface area is 94.1 Å². The molecule has 1 N–H and O–H groups in total. The van der Waals surface area contributed by atoms with Gasteiger partial charge in [0, 0.05) is 12.5 Å². The molecule has 0 aliphatic carbocycles. The van der Waals surface area contributed by atoms with Gasteiger partial charge in [-0.05, 0) is 27.3 Å². The number of ether oxygens (including phenoxy) is 1. The average molecular weight is 227 g/mol. The molecule has 0 radical (unpaired) electrons. The molecule has 0 aromatic carbocycles. The second-order valence-electron chi connectivity index (χ2n) is 3.96. The molecule has 2 rings (SSSR count). The summed E-state index contributed by atoms with van der Waals surface area (Å²) in [5.41, 5.74) is 0. The van der Waals surface area contributed by atoms with Gasteiger partial charge in [-0.25, -0.2) is 0 Å². The normalized spacial score (nSPS) is 28.2. The quantitative estimate of drug-likeness (QED) is 0.854. The number of nitrogens with zero attached hydrogens (tertiary/aromatic N) is 2. The summed E-state index contributed by atoms with van der Waals surface area (Å²) < 4.78 is 5.54. The monoisotopic (exact) mass is 227 g/mol. The highest BCUT2D eigenvalue weighted by molar-refractivity contribution is 7.11. The van der Waals surface area contributed by atoms with E-state index in [4.69, 9.17) is 4.74 Å². The van der Waals surface area contributed by atoms with E-state index in [2.05, 4.69) is 29.4 Å². The third kappa shape index (κ3) is 2.19. The van der Waals surface area contributed by atoms with E-state index in [9.17, 15) is 0 Å². The van der Waals surface area contributed by atoms with Crippen molar-refractivity contribution in [3.63, 3.8) is 0 Å². The zero-order chi connectivity index (χ0) is 10.8. The molecule has 0 saturated carbocycles. The van der Waals surface area contributed by atoms with Crippen LogP contribution in [0, 0.1) is 0 Å². The molecule has 5 heteroatoms. The van der Waals surface area contributed by atoms with Crippen LogP contribution in [0.25, 0.3) is 0 Å². The van der Waals surface area contributed by atoms with Crippen LogP contribution in [0.5, 0.6) is 0 Å². The highest BCUT2D eigenvalue weighted by Crippen LogP contribution is 2.33. The van der Waals surface area contributed by atoms with Crippen LogP contribution in [0.2, 0.25) is 0 Å². The summed E-state index contributed by atoms with van der Waals surface area (Å²) in [6.07, 6.45) is 1.36. The van der Waals surface area contributed by atoms with Crippen molar-refractivity contribution >= 4 is 11.3 Å². The lowest BCUT2D eigenvalue weighted by Gasteiger charge is -2.09. The second kappa shape index (κ2) is 4.55. The minimum atomic E-state index is 0.286. The fourth-order valence-electron chi connectivity index (χ4n) is 1.75. The molecule has 1 aliphatic heterocycles. The summed E-state index contributed by atoms with van der Waals surface area (Å²) in [6, 6.07) is 0.286. The van der Waals surface area contributed by atoms with Gasteiger partial charge in [0.25, 0.3) is 0 Å². The molecule has 84 valence electrons. The minimum Gasteiger partial charge on any atom is -0.378 e. The standard InChI is InChI=1S/C10H17N3OS/c1-6(11-3)9-12-13-10(15-9)8-4-5-14-7(8)2/h6-8,11H,4-5H2,1-3H3. The molecule has 3 unspecified atom stereocenters. The smallest absolute Gasteiger partial charge is 0.134 e. The second-order valence-corrected chi connectivity index (χ2v) is 5.00. The zero-order valence-electron chi connectivity index (χ0n) is 9.36. The highest BCUT2D eigenvalue weighted by Gasteiger charge is 2.29. The van der Waals surface area contributed by atoms with Crippen molar-refractivity contribution in [1.82, 2.24) is 15.5 Å². The lowest BCUT2D eigenvalue weighted by atomic mass is 10.0. The molecule has 1 aromatic rings. The number of rotatable bonds is 3. The van der Waals surface area contributed by atoms with Crippen LogP contribution in [-0.2, 0) is 4.74 Å². The summed E-state index contributed by atoms with van der Waals surface area (Å²) in [5.74, 6) is 0.445. The van der Waals surface area contributed by atoms with Crippen molar-refractivity contribution in [1.29, 1.82) is 0 Å². The van der Waals surface area contributed by atoms with E-state index in [1.165, 1.54) is 0 Å². The van der Waals surface area contributed by atoms with E-state index in [-0.39, 0.29) is 12.1 Å². The summed E-state index contributed by atoms with van der Waals surface area (Å²) in [4.78, 5) is 0. The maximum atomic E-state index is 5.54. The van der Waals surface area contributed by atoms with Crippen molar-refractivity contribution in [2.24, 2.45) is 0 Å². The van der Waals surface area contributed by atoms with Crippen LogP contribution in [0.15, 0.2) is 0 Å². The molecule has 0 amide bonds. The molecule has 3 atom stereocenters. The summed E-state index contributed by atoms with van der Waals surface area (Å²) in [5, 5.41) is 13.8. The molecule has 0 spiro atoms. The summed E-state index contributed by atoms with van der Waals surface area (Å²) >= 11 is 1.70. The van der Waals surface area contributed by atoms with Crippen LogP contribution in [0.4, 0.5) is 0 Å². The van der Waals surface area contributed by atoms with E-state index < -0.39 is 0 Å². The van der Waals surface area contributed by atoms with Gasteiger partial charge >= 0.3 is 0 Å². The Morgan fingerprint density at radius 1 is 1.53 bits per heavy atom. The van der Waals surface area contributed by atoms with Gasteiger partial charge < -0.3 is 10.1 Å². The SMILES string of the molecule is CNC(C)c1nnc(C2CCOC2C)s1. The topological polar surface area (TPSA) is 47.0 Å². The van der Waals surface area contributed by atoms with Crippen molar-refractivity contribution in [3.05, 3.63) is 10.0 Å². The molecule has 1 aromatic heterocycles. The third-order valence-electron chi connectivity index (χ3n) is 2.95. The molecule has 0 bridgehead atoms. The summed E-state index contributed by atoms with van der Waals surface area (Å²) in [6.45, 7) is 5.06. The Morgan fingerprint density at radius 2 is 2.33 bits per heavy atom. The van der Waals surface area contributed by atoms with Crippen molar-refractivity contribution in [2.45, 2.75) is 38.3 Å². The number of hydrogen-bond acceptors (Lipinski definition) is 5. The number of hydrogen-bond donors (Lipinski definition) is 1. The fourth-order valence-corrected chi connectivity index (χ4v) is 2.88. The van der Waals surface area contributed by atoms with Crippen LogP contribution in [0.1, 0.15) is 42.2 Å². The molecule has 1 saturated heterocycles. The van der Waals surface area contributed by atoms with E-state index in [1.54, 1.807) is 11.3 Å². The predicted octanol–water partition coefficient (Wildman–Crippen LogP) is 1.71. The Bertz CT molecular complexity index is 328. The van der Waals surface area contributed by atoms with Crippen molar-refractivity contribution < 1.29 is 4.74 Å². The first-order valence-electron chi connectivity index (χ1n) is 5.34.